The minimum Gasteiger partial charge on any atom is -0.495 e. The summed E-state index contributed by atoms with van der Waals surface area (Å²) in [6, 6.07) is 3.92. The quantitative estimate of drug-likeness (QED) is 0.751. The van der Waals surface area contributed by atoms with E-state index < -0.39 is 0 Å². The molecule has 0 aliphatic carbocycles. The third-order valence-electron chi connectivity index (χ3n) is 2.38. The molecule has 0 atom stereocenters. The van der Waals surface area contributed by atoms with Crippen molar-refractivity contribution in [1.82, 2.24) is 9.97 Å². The second kappa shape index (κ2) is 3.62. The van der Waals surface area contributed by atoms with Crippen LogP contribution in [0.15, 0.2) is 12.1 Å². The number of methoxy groups -OCH3 is 1. The SMILES string of the molecule is COc1ccc(C)c2c(=S)nc(C)[nH]c12. The summed E-state index contributed by atoms with van der Waals surface area (Å²) < 4.78 is 5.91. The van der Waals surface area contributed by atoms with Crippen molar-refractivity contribution in [3.8, 4) is 5.75 Å². The molecule has 2 rings (SSSR count). The molecule has 2 aromatic rings. The standard InChI is InChI=1S/C11H12N2OS/c1-6-4-5-8(14-3)10-9(6)11(15)13-7(2)12-10/h4-5H,1-3H3,(H,12,13,15). The minimum atomic E-state index is 0.623. The summed E-state index contributed by atoms with van der Waals surface area (Å²) in [5.74, 6) is 1.60. The summed E-state index contributed by atoms with van der Waals surface area (Å²) in [4.78, 5) is 7.43. The molecule has 0 spiro atoms. The van der Waals surface area contributed by atoms with E-state index in [0.717, 1.165) is 28.0 Å². The highest BCUT2D eigenvalue weighted by atomic mass is 32.1. The van der Waals surface area contributed by atoms with E-state index in [2.05, 4.69) is 9.97 Å². The summed E-state index contributed by atoms with van der Waals surface area (Å²) in [5.41, 5.74) is 2.04. The van der Waals surface area contributed by atoms with Gasteiger partial charge in [-0.1, -0.05) is 18.3 Å². The Morgan fingerprint density at radius 1 is 1.33 bits per heavy atom. The summed E-state index contributed by atoms with van der Waals surface area (Å²) in [5, 5.41) is 0.968. The van der Waals surface area contributed by atoms with Crippen LogP contribution in [0.3, 0.4) is 0 Å². The van der Waals surface area contributed by atoms with Crippen LogP contribution in [-0.4, -0.2) is 17.1 Å². The van der Waals surface area contributed by atoms with Crippen molar-refractivity contribution >= 4 is 23.1 Å². The normalized spacial score (nSPS) is 10.6. The number of aryl methyl sites for hydroxylation is 2. The topological polar surface area (TPSA) is 37.9 Å². The van der Waals surface area contributed by atoms with E-state index in [4.69, 9.17) is 17.0 Å². The first-order valence-electron chi connectivity index (χ1n) is 4.67. The van der Waals surface area contributed by atoms with Gasteiger partial charge in [-0.05, 0) is 25.5 Å². The van der Waals surface area contributed by atoms with E-state index in [1.807, 2.05) is 26.0 Å². The molecule has 15 heavy (non-hydrogen) atoms. The second-order valence-corrected chi connectivity index (χ2v) is 3.85. The van der Waals surface area contributed by atoms with Gasteiger partial charge in [-0.25, -0.2) is 4.98 Å². The first-order valence-corrected chi connectivity index (χ1v) is 5.08. The summed E-state index contributed by atoms with van der Waals surface area (Å²) in [6.45, 7) is 3.90. The molecular weight excluding hydrogens is 208 g/mol. The molecule has 0 amide bonds. The lowest BCUT2D eigenvalue weighted by atomic mass is 10.1. The largest absolute Gasteiger partial charge is 0.495 e. The van der Waals surface area contributed by atoms with Crippen molar-refractivity contribution in [2.45, 2.75) is 13.8 Å². The van der Waals surface area contributed by atoms with Crippen LogP contribution in [0.4, 0.5) is 0 Å². The lowest BCUT2D eigenvalue weighted by Gasteiger charge is -2.08. The fraction of sp³-hybridized carbons (Fsp3) is 0.273. The third-order valence-corrected chi connectivity index (χ3v) is 2.68. The van der Waals surface area contributed by atoms with Crippen molar-refractivity contribution in [1.29, 1.82) is 0 Å². The maximum absolute atomic E-state index is 5.29. The van der Waals surface area contributed by atoms with E-state index in [9.17, 15) is 0 Å². The van der Waals surface area contributed by atoms with Crippen LogP contribution in [-0.2, 0) is 0 Å². The zero-order chi connectivity index (χ0) is 11.0. The molecule has 0 radical (unpaired) electrons. The van der Waals surface area contributed by atoms with Crippen LogP contribution < -0.4 is 4.74 Å². The van der Waals surface area contributed by atoms with Crippen molar-refractivity contribution in [2.24, 2.45) is 0 Å². The van der Waals surface area contributed by atoms with Crippen LogP contribution in [0, 0.1) is 18.5 Å². The highest BCUT2D eigenvalue weighted by molar-refractivity contribution is 7.71. The molecule has 1 heterocycles. The fourth-order valence-electron chi connectivity index (χ4n) is 1.67. The second-order valence-electron chi connectivity index (χ2n) is 3.46. The maximum atomic E-state index is 5.29. The number of ether oxygens (including phenoxy) is 1. The monoisotopic (exact) mass is 220 g/mol. The van der Waals surface area contributed by atoms with Gasteiger partial charge in [0, 0.05) is 5.39 Å². The highest BCUT2D eigenvalue weighted by Gasteiger charge is 2.07. The van der Waals surface area contributed by atoms with Crippen molar-refractivity contribution < 1.29 is 4.74 Å². The zero-order valence-corrected chi connectivity index (χ0v) is 9.73. The number of nitrogens with one attached hydrogen (secondary N) is 1. The van der Waals surface area contributed by atoms with Gasteiger partial charge in [0.2, 0.25) is 0 Å². The molecule has 0 saturated carbocycles. The highest BCUT2D eigenvalue weighted by Crippen LogP contribution is 2.26. The first kappa shape index (κ1) is 10.1. The van der Waals surface area contributed by atoms with E-state index in [1.165, 1.54) is 0 Å². The number of aromatic amines is 1. The van der Waals surface area contributed by atoms with E-state index in [0.29, 0.717) is 4.64 Å². The lowest BCUT2D eigenvalue weighted by molar-refractivity contribution is 0.418. The Balaban J connectivity index is 3.00. The maximum Gasteiger partial charge on any atom is 0.143 e. The molecule has 1 aromatic heterocycles. The zero-order valence-electron chi connectivity index (χ0n) is 8.92. The molecule has 78 valence electrons. The number of hydrogen-bond acceptors (Lipinski definition) is 3. The van der Waals surface area contributed by atoms with Crippen molar-refractivity contribution in [3.63, 3.8) is 0 Å². The Morgan fingerprint density at radius 2 is 2.07 bits per heavy atom. The number of H-pyrrole nitrogens is 1. The van der Waals surface area contributed by atoms with E-state index in [-0.39, 0.29) is 0 Å². The average Bonchev–Trinajstić information content (AvgIpc) is 2.17. The fourth-order valence-corrected chi connectivity index (χ4v) is 2.07. The molecular formula is C11H12N2OS. The van der Waals surface area contributed by atoms with Gasteiger partial charge in [0.15, 0.2) is 0 Å². The molecule has 0 aliphatic heterocycles. The molecule has 4 heteroatoms. The summed E-state index contributed by atoms with van der Waals surface area (Å²) in [6.07, 6.45) is 0. The molecule has 0 fully saturated rings. The first-order chi connectivity index (χ1) is 7.13. The smallest absolute Gasteiger partial charge is 0.143 e. The molecule has 1 N–H and O–H groups in total. The van der Waals surface area contributed by atoms with Crippen LogP contribution in [0.2, 0.25) is 0 Å². The van der Waals surface area contributed by atoms with Gasteiger partial charge in [-0.3, -0.25) is 0 Å². The van der Waals surface area contributed by atoms with Crippen molar-refractivity contribution in [2.75, 3.05) is 7.11 Å². The lowest BCUT2D eigenvalue weighted by Crippen LogP contribution is -1.95. The molecule has 0 bridgehead atoms. The number of benzene rings is 1. The Hall–Kier alpha value is -1.42. The number of fused-ring (bicyclic) bond motifs is 1. The predicted molar refractivity (Wildman–Crippen MR) is 63.0 cm³/mol. The molecule has 3 nitrogen and oxygen atoms in total. The molecule has 0 unspecified atom stereocenters. The third kappa shape index (κ3) is 1.61. The van der Waals surface area contributed by atoms with Crippen LogP contribution >= 0.6 is 12.2 Å². The van der Waals surface area contributed by atoms with Gasteiger partial charge in [-0.15, -0.1) is 0 Å². The van der Waals surface area contributed by atoms with Crippen LogP contribution in [0.1, 0.15) is 11.4 Å². The number of hydrogen-bond donors (Lipinski definition) is 1. The number of nitrogens with zero attached hydrogens (tertiary/aromatic N) is 1. The van der Waals surface area contributed by atoms with Crippen molar-refractivity contribution in [3.05, 3.63) is 28.2 Å². The summed E-state index contributed by atoms with van der Waals surface area (Å²) >= 11 is 5.25. The Kier molecular flexibility index (Phi) is 2.44. The Bertz CT molecular complexity index is 575. The Labute approximate surface area is 93.1 Å². The van der Waals surface area contributed by atoms with Gasteiger partial charge in [0.1, 0.15) is 16.2 Å². The number of aromatic nitrogens is 2. The average molecular weight is 220 g/mol. The van der Waals surface area contributed by atoms with Crippen LogP contribution in [0.5, 0.6) is 5.75 Å². The van der Waals surface area contributed by atoms with Gasteiger partial charge in [0.05, 0.1) is 12.6 Å². The Morgan fingerprint density at radius 3 is 2.73 bits per heavy atom. The van der Waals surface area contributed by atoms with E-state index in [1.54, 1.807) is 7.11 Å². The van der Waals surface area contributed by atoms with Gasteiger partial charge >= 0.3 is 0 Å². The molecule has 0 aliphatic rings. The van der Waals surface area contributed by atoms with Gasteiger partial charge in [-0.2, -0.15) is 0 Å². The van der Waals surface area contributed by atoms with Gasteiger partial charge in [0.25, 0.3) is 0 Å². The van der Waals surface area contributed by atoms with Crippen LogP contribution in [0.25, 0.3) is 10.9 Å². The molecule has 0 saturated heterocycles. The molecule has 1 aromatic carbocycles. The van der Waals surface area contributed by atoms with E-state index >= 15 is 0 Å². The summed E-state index contributed by atoms with van der Waals surface area (Å²) in [7, 11) is 1.65. The predicted octanol–water partition coefficient (Wildman–Crippen LogP) is 2.92. The van der Waals surface area contributed by atoms with Gasteiger partial charge < -0.3 is 9.72 Å². The minimum absolute atomic E-state index is 0.623. The number of rotatable bonds is 1.